The molecule has 2 aromatic rings. The standard InChI is InChI=1S/C12H15N3Se/c1-2-8-15-11(9-16-12(15)14-13)10-6-4-3-5-7-10/h3-7,9H,2,8,13H2,1H3/b14-12+. The van der Waals surface area contributed by atoms with E-state index < -0.39 is 0 Å². The summed E-state index contributed by atoms with van der Waals surface area (Å²) in [4.78, 5) is 2.25. The molecule has 0 atom stereocenters. The maximum absolute atomic E-state index is 5.42. The Hall–Kier alpha value is -1.25. The molecule has 0 saturated carbocycles. The topological polar surface area (TPSA) is 43.3 Å². The van der Waals surface area contributed by atoms with Crippen LogP contribution in [-0.2, 0) is 6.54 Å². The first kappa shape index (κ1) is 11.2. The van der Waals surface area contributed by atoms with Crippen molar-refractivity contribution >= 4 is 14.5 Å². The van der Waals surface area contributed by atoms with Crippen molar-refractivity contribution < 1.29 is 0 Å². The predicted octanol–water partition coefficient (Wildman–Crippen LogP) is 1.40. The second-order valence-electron chi connectivity index (χ2n) is 3.55. The molecule has 0 aliphatic heterocycles. The molecule has 0 unspecified atom stereocenters. The van der Waals surface area contributed by atoms with Gasteiger partial charge in [-0.05, 0) is 0 Å². The van der Waals surface area contributed by atoms with E-state index in [4.69, 9.17) is 5.84 Å². The van der Waals surface area contributed by atoms with Crippen LogP contribution in [0.4, 0.5) is 0 Å². The van der Waals surface area contributed by atoms with Crippen molar-refractivity contribution in [2.24, 2.45) is 10.9 Å². The van der Waals surface area contributed by atoms with Crippen LogP contribution in [0.1, 0.15) is 13.3 Å². The van der Waals surface area contributed by atoms with Crippen molar-refractivity contribution in [1.29, 1.82) is 0 Å². The monoisotopic (exact) mass is 281 g/mol. The average Bonchev–Trinajstić information content (AvgIpc) is 2.74. The average molecular weight is 280 g/mol. The van der Waals surface area contributed by atoms with Crippen molar-refractivity contribution in [3.8, 4) is 11.3 Å². The zero-order chi connectivity index (χ0) is 11.4. The van der Waals surface area contributed by atoms with Crippen LogP contribution in [0.15, 0.2) is 40.4 Å². The summed E-state index contributed by atoms with van der Waals surface area (Å²) in [7, 11) is 0. The van der Waals surface area contributed by atoms with Gasteiger partial charge in [0.2, 0.25) is 0 Å². The van der Waals surface area contributed by atoms with Gasteiger partial charge in [-0.25, -0.2) is 0 Å². The molecular weight excluding hydrogens is 265 g/mol. The van der Waals surface area contributed by atoms with Crippen LogP contribution in [0, 0.1) is 0 Å². The summed E-state index contributed by atoms with van der Waals surface area (Å²) in [5, 5.41) is 3.88. The first-order chi connectivity index (χ1) is 7.86. The normalized spacial score (nSPS) is 11.9. The maximum atomic E-state index is 5.42. The molecule has 3 nitrogen and oxygen atoms in total. The van der Waals surface area contributed by atoms with E-state index >= 15 is 0 Å². The Morgan fingerprint density at radius 3 is 2.69 bits per heavy atom. The van der Waals surface area contributed by atoms with Gasteiger partial charge in [0, 0.05) is 0 Å². The van der Waals surface area contributed by atoms with Crippen molar-refractivity contribution in [2.45, 2.75) is 19.9 Å². The number of nitrogens with zero attached hydrogens (tertiary/aromatic N) is 2. The van der Waals surface area contributed by atoms with E-state index in [0.29, 0.717) is 0 Å². The van der Waals surface area contributed by atoms with Crippen molar-refractivity contribution in [3.63, 3.8) is 0 Å². The van der Waals surface area contributed by atoms with E-state index in [1.807, 2.05) is 6.07 Å². The van der Waals surface area contributed by atoms with Gasteiger partial charge >= 0.3 is 101 Å². The summed E-state index contributed by atoms with van der Waals surface area (Å²) in [5.41, 5.74) is 2.50. The third-order valence-corrected chi connectivity index (χ3v) is 4.27. The Morgan fingerprint density at radius 2 is 2.06 bits per heavy atom. The van der Waals surface area contributed by atoms with E-state index in [2.05, 4.69) is 45.8 Å². The minimum atomic E-state index is 0.273. The Balaban J connectivity index is 2.54. The molecule has 1 aromatic heterocycles. The molecule has 2 rings (SSSR count). The van der Waals surface area contributed by atoms with Gasteiger partial charge in [0.05, 0.1) is 0 Å². The molecule has 0 amide bonds. The zero-order valence-electron chi connectivity index (χ0n) is 9.26. The molecule has 0 aliphatic rings. The van der Waals surface area contributed by atoms with Crippen molar-refractivity contribution in [3.05, 3.63) is 39.6 Å². The fourth-order valence-corrected chi connectivity index (χ4v) is 3.51. The molecule has 1 aromatic carbocycles. The summed E-state index contributed by atoms with van der Waals surface area (Å²) >= 11 is 0.273. The first-order valence-electron chi connectivity index (χ1n) is 5.34. The Kier molecular flexibility index (Phi) is 3.65. The predicted molar refractivity (Wildman–Crippen MR) is 66.8 cm³/mol. The second-order valence-corrected chi connectivity index (χ2v) is 5.31. The van der Waals surface area contributed by atoms with Crippen molar-refractivity contribution in [1.82, 2.24) is 4.57 Å². The molecule has 0 spiro atoms. The van der Waals surface area contributed by atoms with E-state index in [-0.39, 0.29) is 14.5 Å². The van der Waals surface area contributed by atoms with Gasteiger partial charge in [-0.2, -0.15) is 0 Å². The molecule has 0 bridgehead atoms. The van der Waals surface area contributed by atoms with Crippen LogP contribution in [0.25, 0.3) is 11.3 Å². The third kappa shape index (κ3) is 2.13. The van der Waals surface area contributed by atoms with Crippen LogP contribution in [0.3, 0.4) is 0 Å². The van der Waals surface area contributed by atoms with Gasteiger partial charge < -0.3 is 0 Å². The summed E-state index contributed by atoms with van der Waals surface area (Å²) in [6, 6.07) is 10.4. The van der Waals surface area contributed by atoms with Gasteiger partial charge in [-0.3, -0.25) is 0 Å². The number of hydrogen-bond acceptors (Lipinski definition) is 2. The zero-order valence-corrected chi connectivity index (χ0v) is 11.0. The second kappa shape index (κ2) is 5.19. The van der Waals surface area contributed by atoms with Crippen LogP contribution < -0.4 is 10.2 Å². The Morgan fingerprint density at radius 1 is 1.31 bits per heavy atom. The van der Waals surface area contributed by atoms with Gasteiger partial charge in [-0.15, -0.1) is 0 Å². The van der Waals surface area contributed by atoms with Gasteiger partial charge in [0.1, 0.15) is 0 Å². The van der Waals surface area contributed by atoms with Crippen LogP contribution >= 0.6 is 0 Å². The van der Waals surface area contributed by atoms with Gasteiger partial charge in [-0.1, -0.05) is 0 Å². The molecule has 84 valence electrons. The van der Waals surface area contributed by atoms with E-state index in [9.17, 15) is 0 Å². The van der Waals surface area contributed by atoms with Crippen molar-refractivity contribution in [2.75, 3.05) is 0 Å². The quantitative estimate of drug-likeness (QED) is 0.515. The molecular formula is C12H15N3Se. The minimum absolute atomic E-state index is 0.273. The molecule has 4 heteroatoms. The molecule has 0 aliphatic carbocycles. The summed E-state index contributed by atoms with van der Waals surface area (Å²) in [6.07, 6.45) is 1.10. The molecule has 0 radical (unpaired) electrons. The van der Waals surface area contributed by atoms with E-state index in [1.165, 1.54) is 11.3 Å². The van der Waals surface area contributed by atoms with Crippen LogP contribution in [0.2, 0.25) is 0 Å². The summed E-state index contributed by atoms with van der Waals surface area (Å²) < 4.78 is 3.25. The Labute approximate surface area is 101 Å². The van der Waals surface area contributed by atoms with Crippen LogP contribution in [-0.4, -0.2) is 19.1 Å². The number of nitrogens with two attached hydrogens (primary N) is 1. The SMILES string of the molecule is CCCn1c(-c2ccccc2)c[se]/c1=N/N. The van der Waals surface area contributed by atoms with Crippen LogP contribution in [0.5, 0.6) is 0 Å². The summed E-state index contributed by atoms with van der Waals surface area (Å²) in [5.74, 6) is 5.42. The fourth-order valence-electron chi connectivity index (χ4n) is 1.71. The first-order valence-corrected chi connectivity index (χ1v) is 7.19. The van der Waals surface area contributed by atoms with E-state index in [0.717, 1.165) is 17.3 Å². The third-order valence-electron chi connectivity index (χ3n) is 2.42. The molecule has 2 N–H and O–H groups in total. The van der Waals surface area contributed by atoms with Gasteiger partial charge in [0.25, 0.3) is 0 Å². The molecule has 0 fully saturated rings. The number of hydrogen-bond donors (Lipinski definition) is 1. The summed E-state index contributed by atoms with van der Waals surface area (Å²) in [6.45, 7) is 3.15. The number of benzene rings is 1. The molecule has 16 heavy (non-hydrogen) atoms. The number of aromatic nitrogens is 1. The number of rotatable bonds is 3. The Bertz CT molecular complexity index is 511. The fraction of sp³-hybridized carbons (Fsp3) is 0.250. The van der Waals surface area contributed by atoms with Gasteiger partial charge in [0.15, 0.2) is 0 Å². The molecule has 1 heterocycles. The molecule has 0 saturated heterocycles. The van der Waals surface area contributed by atoms with E-state index in [1.54, 1.807) is 0 Å².